The van der Waals surface area contributed by atoms with Crippen LogP contribution in [-0.2, 0) is 9.84 Å². The Morgan fingerprint density at radius 1 is 1.25 bits per heavy atom. The van der Waals surface area contributed by atoms with Crippen LogP contribution >= 0.6 is 0 Å². The van der Waals surface area contributed by atoms with Gasteiger partial charge >= 0.3 is 0 Å². The summed E-state index contributed by atoms with van der Waals surface area (Å²) >= 11 is 0. The molecule has 0 aliphatic carbocycles. The van der Waals surface area contributed by atoms with E-state index in [1.165, 1.54) is 31.8 Å². The fourth-order valence-electron chi connectivity index (χ4n) is 1.48. The summed E-state index contributed by atoms with van der Waals surface area (Å²) < 4.78 is 28.5. The van der Waals surface area contributed by atoms with E-state index in [0.29, 0.717) is 11.6 Å². The van der Waals surface area contributed by atoms with Crippen molar-refractivity contribution in [3.63, 3.8) is 0 Å². The van der Waals surface area contributed by atoms with E-state index in [-0.39, 0.29) is 16.5 Å². The first-order valence-corrected chi connectivity index (χ1v) is 7.38. The highest BCUT2D eigenvalue weighted by molar-refractivity contribution is 7.90. The number of nitrogens with two attached hydrogens (primary N) is 1. The van der Waals surface area contributed by atoms with Crippen LogP contribution in [0.2, 0.25) is 0 Å². The highest BCUT2D eigenvalue weighted by Crippen LogP contribution is 2.25. The molecular weight excluding hydrogens is 282 g/mol. The van der Waals surface area contributed by atoms with Crippen LogP contribution in [0, 0.1) is 0 Å². The Hall–Kier alpha value is -2.42. The zero-order valence-electron chi connectivity index (χ0n) is 10.9. The summed E-state index contributed by atoms with van der Waals surface area (Å²) in [5, 5.41) is 2.79. The van der Waals surface area contributed by atoms with E-state index in [1.54, 1.807) is 0 Å². The van der Waals surface area contributed by atoms with E-state index in [1.807, 2.05) is 0 Å². The molecule has 0 aromatic carbocycles. The van der Waals surface area contributed by atoms with Gasteiger partial charge in [0.05, 0.1) is 13.3 Å². The average Bonchev–Trinajstić information content (AvgIpc) is 2.38. The van der Waals surface area contributed by atoms with Crippen LogP contribution in [0.15, 0.2) is 29.6 Å². The number of pyridine rings is 1. The number of hydrogen-bond donors (Lipinski definition) is 2. The summed E-state index contributed by atoms with van der Waals surface area (Å²) in [6.45, 7) is 0. The Balaban J connectivity index is 2.46. The van der Waals surface area contributed by atoms with Crippen LogP contribution in [-0.4, -0.2) is 36.7 Å². The number of nitrogen functional groups attached to an aromatic ring is 1. The third-order valence-electron chi connectivity index (χ3n) is 2.40. The smallest absolute Gasteiger partial charge is 0.179 e. The zero-order chi connectivity index (χ0) is 14.8. The van der Waals surface area contributed by atoms with Gasteiger partial charge in [-0.2, -0.15) is 0 Å². The Kier molecular flexibility index (Phi) is 3.70. The summed E-state index contributed by atoms with van der Waals surface area (Å²) in [5.74, 6) is 1.10. The first-order valence-electron chi connectivity index (χ1n) is 5.49. The van der Waals surface area contributed by atoms with Crippen LogP contribution in [0.1, 0.15) is 0 Å². The second-order valence-electron chi connectivity index (χ2n) is 3.95. The molecule has 0 aliphatic heterocycles. The van der Waals surface area contributed by atoms with Crippen molar-refractivity contribution in [1.82, 2.24) is 15.0 Å². The van der Waals surface area contributed by atoms with Gasteiger partial charge in [-0.25, -0.2) is 23.4 Å². The van der Waals surface area contributed by atoms with E-state index in [4.69, 9.17) is 10.5 Å². The molecule has 106 valence electrons. The molecular formula is C11H13N5O3S. The number of aromatic nitrogens is 3. The van der Waals surface area contributed by atoms with Gasteiger partial charge in [-0.3, -0.25) is 0 Å². The molecule has 0 aliphatic rings. The van der Waals surface area contributed by atoms with Gasteiger partial charge in [0, 0.05) is 18.4 Å². The summed E-state index contributed by atoms with van der Waals surface area (Å²) in [6.07, 6.45) is 3.76. The molecule has 9 heteroatoms. The molecule has 0 saturated heterocycles. The van der Waals surface area contributed by atoms with Gasteiger partial charge in [0.2, 0.25) is 0 Å². The summed E-state index contributed by atoms with van der Waals surface area (Å²) in [4.78, 5) is 11.7. The number of rotatable bonds is 4. The van der Waals surface area contributed by atoms with Crippen molar-refractivity contribution in [3.8, 4) is 5.75 Å². The van der Waals surface area contributed by atoms with Crippen molar-refractivity contribution in [2.24, 2.45) is 0 Å². The Labute approximate surface area is 116 Å². The van der Waals surface area contributed by atoms with Crippen molar-refractivity contribution in [1.29, 1.82) is 0 Å². The number of nitrogens with one attached hydrogen (secondary N) is 1. The lowest BCUT2D eigenvalue weighted by molar-refractivity contribution is 0.411. The van der Waals surface area contributed by atoms with Crippen molar-refractivity contribution < 1.29 is 13.2 Å². The van der Waals surface area contributed by atoms with Crippen LogP contribution < -0.4 is 15.8 Å². The molecule has 2 rings (SSSR count). The standard InChI is InChI=1S/C11H13N5O3S/c1-19-7-3-8(20(2,17)18)11(13-5-7)16-10-4-9(12)14-6-15-10/h3-6H,1-2H3,(H3,12,13,14,15,16). The van der Waals surface area contributed by atoms with Crippen molar-refractivity contribution in [2.75, 3.05) is 24.4 Å². The number of hydrogen-bond acceptors (Lipinski definition) is 8. The minimum absolute atomic E-state index is 0.00836. The minimum atomic E-state index is -3.48. The van der Waals surface area contributed by atoms with Crippen LogP contribution in [0.4, 0.5) is 17.5 Å². The fourth-order valence-corrected chi connectivity index (χ4v) is 2.26. The summed E-state index contributed by atoms with van der Waals surface area (Å²) in [6, 6.07) is 2.85. The third kappa shape index (κ3) is 3.12. The Bertz CT molecular complexity index is 733. The Morgan fingerprint density at radius 2 is 2.00 bits per heavy atom. The maximum atomic E-state index is 11.8. The molecule has 0 unspecified atom stereocenters. The molecule has 0 atom stereocenters. The van der Waals surface area contributed by atoms with Crippen LogP contribution in [0.3, 0.4) is 0 Å². The average molecular weight is 295 g/mol. The lowest BCUT2D eigenvalue weighted by Crippen LogP contribution is -2.06. The predicted molar refractivity (Wildman–Crippen MR) is 73.6 cm³/mol. The molecule has 2 heterocycles. The van der Waals surface area contributed by atoms with Gasteiger partial charge < -0.3 is 15.8 Å². The van der Waals surface area contributed by atoms with Gasteiger partial charge in [0.1, 0.15) is 28.6 Å². The Morgan fingerprint density at radius 3 is 2.60 bits per heavy atom. The molecule has 0 amide bonds. The summed E-state index contributed by atoms with van der Waals surface area (Å²) in [7, 11) is -2.04. The minimum Gasteiger partial charge on any atom is -0.495 e. The van der Waals surface area contributed by atoms with Gasteiger partial charge in [-0.05, 0) is 0 Å². The predicted octanol–water partition coefficient (Wildman–Crippen LogP) is 0.610. The molecule has 2 aromatic rings. The number of ether oxygens (including phenoxy) is 1. The first kappa shape index (κ1) is 14.0. The monoisotopic (exact) mass is 295 g/mol. The number of nitrogens with zero attached hydrogens (tertiary/aromatic N) is 3. The van der Waals surface area contributed by atoms with Gasteiger partial charge in [-0.1, -0.05) is 0 Å². The molecule has 0 saturated carbocycles. The van der Waals surface area contributed by atoms with E-state index >= 15 is 0 Å². The van der Waals surface area contributed by atoms with E-state index < -0.39 is 9.84 Å². The quantitative estimate of drug-likeness (QED) is 0.841. The SMILES string of the molecule is COc1cnc(Nc2cc(N)ncn2)c(S(C)(=O)=O)c1. The number of methoxy groups -OCH3 is 1. The molecule has 3 N–H and O–H groups in total. The normalized spacial score (nSPS) is 11.1. The fraction of sp³-hybridized carbons (Fsp3) is 0.182. The van der Waals surface area contributed by atoms with Gasteiger partial charge in [0.25, 0.3) is 0 Å². The van der Waals surface area contributed by atoms with Gasteiger partial charge in [0.15, 0.2) is 15.7 Å². The van der Waals surface area contributed by atoms with E-state index in [9.17, 15) is 8.42 Å². The highest BCUT2D eigenvalue weighted by Gasteiger charge is 2.16. The molecule has 2 aromatic heterocycles. The van der Waals surface area contributed by atoms with Crippen molar-refractivity contribution >= 4 is 27.3 Å². The third-order valence-corrected chi connectivity index (χ3v) is 3.51. The second-order valence-corrected chi connectivity index (χ2v) is 5.93. The highest BCUT2D eigenvalue weighted by atomic mass is 32.2. The molecule has 0 spiro atoms. The topological polar surface area (TPSA) is 120 Å². The lowest BCUT2D eigenvalue weighted by atomic mass is 10.4. The number of sulfone groups is 1. The molecule has 0 fully saturated rings. The first-order chi connectivity index (χ1) is 9.40. The number of anilines is 3. The molecule has 8 nitrogen and oxygen atoms in total. The van der Waals surface area contributed by atoms with Crippen molar-refractivity contribution in [2.45, 2.75) is 4.90 Å². The van der Waals surface area contributed by atoms with Crippen LogP contribution in [0.25, 0.3) is 0 Å². The second kappa shape index (κ2) is 5.29. The molecule has 20 heavy (non-hydrogen) atoms. The van der Waals surface area contributed by atoms with E-state index in [2.05, 4.69) is 20.3 Å². The maximum Gasteiger partial charge on any atom is 0.179 e. The summed E-state index contributed by atoms with van der Waals surface area (Å²) in [5.41, 5.74) is 5.53. The van der Waals surface area contributed by atoms with Gasteiger partial charge in [-0.15, -0.1) is 0 Å². The van der Waals surface area contributed by atoms with Crippen molar-refractivity contribution in [3.05, 3.63) is 24.7 Å². The van der Waals surface area contributed by atoms with E-state index in [0.717, 1.165) is 6.26 Å². The zero-order valence-corrected chi connectivity index (χ0v) is 11.7. The largest absolute Gasteiger partial charge is 0.495 e. The molecule has 0 bridgehead atoms. The molecule has 0 radical (unpaired) electrons. The van der Waals surface area contributed by atoms with Crippen LogP contribution in [0.5, 0.6) is 5.75 Å². The maximum absolute atomic E-state index is 11.8. The lowest BCUT2D eigenvalue weighted by Gasteiger charge is -2.10.